The van der Waals surface area contributed by atoms with Crippen LogP contribution in [0.4, 0.5) is 4.79 Å². The van der Waals surface area contributed by atoms with Gasteiger partial charge in [0, 0.05) is 26.2 Å². The van der Waals surface area contributed by atoms with Crippen LogP contribution in [0, 0.1) is 0 Å². The summed E-state index contributed by atoms with van der Waals surface area (Å²) >= 11 is 0. The lowest BCUT2D eigenvalue weighted by atomic mass is 10.0. The third-order valence-corrected chi connectivity index (χ3v) is 4.01. The van der Waals surface area contributed by atoms with Crippen LogP contribution in [0.3, 0.4) is 0 Å². The molecule has 2 N–H and O–H groups in total. The van der Waals surface area contributed by atoms with Crippen molar-refractivity contribution < 1.29 is 14.7 Å². The van der Waals surface area contributed by atoms with Gasteiger partial charge < -0.3 is 15.3 Å². The predicted octanol–water partition coefficient (Wildman–Crippen LogP) is 0.339. The van der Waals surface area contributed by atoms with E-state index >= 15 is 0 Å². The summed E-state index contributed by atoms with van der Waals surface area (Å²) in [5, 5.41) is 11.8. The molecule has 18 heavy (non-hydrogen) atoms. The van der Waals surface area contributed by atoms with Crippen LogP contribution in [0.5, 0.6) is 0 Å². The maximum Gasteiger partial charge on any atom is 0.320 e. The van der Waals surface area contributed by atoms with E-state index in [0.717, 1.165) is 32.2 Å². The zero-order valence-electron chi connectivity index (χ0n) is 10.8. The largest absolute Gasteiger partial charge is 0.480 e. The van der Waals surface area contributed by atoms with E-state index in [4.69, 9.17) is 0 Å². The fraction of sp³-hybridized carbons (Fsp3) is 0.833. The van der Waals surface area contributed by atoms with Crippen molar-refractivity contribution in [1.29, 1.82) is 0 Å². The molecule has 0 saturated carbocycles. The molecule has 2 fully saturated rings. The van der Waals surface area contributed by atoms with Gasteiger partial charge in [-0.25, -0.2) is 4.79 Å². The minimum atomic E-state index is -0.707. The van der Waals surface area contributed by atoms with Gasteiger partial charge in [0.05, 0.1) is 0 Å². The van der Waals surface area contributed by atoms with Crippen molar-refractivity contribution in [1.82, 2.24) is 15.1 Å². The average Bonchev–Trinajstić information content (AvgIpc) is 2.87. The minimum Gasteiger partial charge on any atom is -0.480 e. The monoisotopic (exact) mass is 255 g/mol. The molecule has 0 radical (unpaired) electrons. The van der Waals surface area contributed by atoms with Gasteiger partial charge in [-0.05, 0) is 32.2 Å². The summed E-state index contributed by atoms with van der Waals surface area (Å²) in [6, 6.07) is -0.0410. The summed E-state index contributed by atoms with van der Waals surface area (Å²) in [4.78, 5) is 26.5. The molecule has 0 aliphatic carbocycles. The van der Waals surface area contributed by atoms with Gasteiger partial charge in [0.2, 0.25) is 0 Å². The highest BCUT2D eigenvalue weighted by molar-refractivity contribution is 5.74. The number of carbonyl (C=O) groups is 2. The molecular weight excluding hydrogens is 234 g/mol. The molecule has 2 aliphatic heterocycles. The number of hydrogen-bond donors (Lipinski definition) is 2. The van der Waals surface area contributed by atoms with Crippen molar-refractivity contribution in [2.75, 3.05) is 26.7 Å². The second kappa shape index (κ2) is 5.56. The number of piperidine rings is 1. The molecule has 102 valence electrons. The summed E-state index contributed by atoms with van der Waals surface area (Å²) in [6.07, 6.45) is 3.46. The van der Waals surface area contributed by atoms with Crippen LogP contribution in [-0.2, 0) is 4.79 Å². The van der Waals surface area contributed by atoms with Crippen LogP contribution in [-0.4, -0.2) is 65.7 Å². The molecule has 2 rings (SSSR count). The quantitative estimate of drug-likeness (QED) is 0.746. The summed E-state index contributed by atoms with van der Waals surface area (Å²) in [5.41, 5.74) is 0. The number of carbonyl (C=O) groups excluding carboxylic acids is 1. The van der Waals surface area contributed by atoms with Crippen LogP contribution in [0.25, 0.3) is 0 Å². The van der Waals surface area contributed by atoms with Crippen LogP contribution >= 0.6 is 0 Å². The van der Waals surface area contributed by atoms with E-state index in [9.17, 15) is 14.7 Å². The molecule has 0 bridgehead atoms. The van der Waals surface area contributed by atoms with E-state index in [1.165, 1.54) is 0 Å². The van der Waals surface area contributed by atoms with Crippen molar-refractivity contribution in [3.63, 3.8) is 0 Å². The fourth-order valence-corrected chi connectivity index (χ4v) is 3.05. The Morgan fingerprint density at radius 1 is 1.17 bits per heavy atom. The first-order valence-corrected chi connectivity index (χ1v) is 6.58. The molecule has 1 unspecified atom stereocenters. The predicted molar refractivity (Wildman–Crippen MR) is 66.4 cm³/mol. The van der Waals surface area contributed by atoms with Crippen molar-refractivity contribution in [3.8, 4) is 0 Å². The van der Waals surface area contributed by atoms with Gasteiger partial charge in [-0.1, -0.05) is 0 Å². The number of hydrogen-bond acceptors (Lipinski definition) is 3. The molecule has 6 nitrogen and oxygen atoms in total. The van der Waals surface area contributed by atoms with Gasteiger partial charge in [0.25, 0.3) is 0 Å². The Labute approximate surface area is 107 Å². The number of amides is 2. The van der Waals surface area contributed by atoms with Gasteiger partial charge in [-0.15, -0.1) is 0 Å². The van der Waals surface area contributed by atoms with Crippen molar-refractivity contribution in [3.05, 3.63) is 0 Å². The zero-order chi connectivity index (χ0) is 13.1. The number of carboxylic acids is 1. The molecule has 0 aromatic heterocycles. The molecule has 2 amide bonds. The summed E-state index contributed by atoms with van der Waals surface area (Å²) < 4.78 is 0. The zero-order valence-corrected chi connectivity index (χ0v) is 10.8. The fourth-order valence-electron chi connectivity index (χ4n) is 3.05. The van der Waals surface area contributed by atoms with Crippen molar-refractivity contribution in [2.45, 2.75) is 37.8 Å². The standard InChI is InChI=1S/C12H21N3O3/c1-13-12(18)14-7-4-9(5-8-14)15-6-2-3-10(15)11(16)17/h9-10H,2-8H2,1H3,(H,13,18)(H,16,17). The summed E-state index contributed by atoms with van der Waals surface area (Å²) in [6.45, 7) is 2.31. The van der Waals surface area contributed by atoms with E-state index < -0.39 is 5.97 Å². The lowest BCUT2D eigenvalue weighted by Gasteiger charge is -2.38. The normalized spacial score (nSPS) is 26.3. The topological polar surface area (TPSA) is 72.9 Å². The number of rotatable bonds is 2. The van der Waals surface area contributed by atoms with Crippen LogP contribution in [0.15, 0.2) is 0 Å². The maximum atomic E-state index is 11.5. The Hall–Kier alpha value is -1.30. The number of likely N-dealkylation sites (tertiary alicyclic amines) is 2. The number of carboxylic acid groups (broad SMARTS) is 1. The first-order chi connectivity index (χ1) is 8.63. The van der Waals surface area contributed by atoms with E-state index in [1.807, 2.05) is 0 Å². The number of nitrogens with one attached hydrogen (secondary N) is 1. The molecule has 1 atom stereocenters. The van der Waals surface area contributed by atoms with Crippen LogP contribution < -0.4 is 5.32 Å². The molecule has 2 saturated heterocycles. The Morgan fingerprint density at radius 2 is 1.83 bits per heavy atom. The van der Waals surface area contributed by atoms with E-state index in [2.05, 4.69) is 10.2 Å². The summed E-state index contributed by atoms with van der Waals surface area (Å²) in [7, 11) is 1.63. The third kappa shape index (κ3) is 2.58. The Balaban J connectivity index is 1.89. The number of nitrogens with zero attached hydrogens (tertiary/aromatic N) is 2. The number of urea groups is 1. The van der Waals surface area contributed by atoms with Gasteiger partial charge in [-0.2, -0.15) is 0 Å². The second-order valence-electron chi connectivity index (χ2n) is 5.01. The molecule has 2 aliphatic rings. The SMILES string of the molecule is CNC(=O)N1CCC(N2CCCC2C(=O)O)CC1. The van der Waals surface area contributed by atoms with Crippen molar-refractivity contribution >= 4 is 12.0 Å². The highest BCUT2D eigenvalue weighted by atomic mass is 16.4. The number of aliphatic carboxylic acids is 1. The first kappa shape index (κ1) is 13.1. The molecule has 0 aromatic carbocycles. The second-order valence-corrected chi connectivity index (χ2v) is 5.01. The highest BCUT2D eigenvalue weighted by Gasteiger charge is 2.37. The first-order valence-electron chi connectivity index (χ1n) is 6.58. The average molecular weight is 255 g/mol. The third-order valence-electron chi connectivity index (χ3n) is 4.01. The van der Waals surface area contributed by atoms with Gasteiger partial charge in [0.1, 0.15) is 6.04 Å². The van der Waals surface area contributed by atoms with E-state index in [-0.39, 0.29) is 12.1 Å². The highest BCUT2D eigenvalue weighted by Crippen LogP contribution is 2.26. The molecule has 6 heteroatoms. The van der Waals surface area contributed by atoms with Crippen molar-refractivity contribution in [2.24, 2.45) is 0 Å². The van der Waals surface area contributed by atoms with Crippen LogP contribution in [0.1, 0.15) is 25.7 Å². The Morgan fingerprint density at radius 3 is 2.39 bits per heavy atom. The Bertz CT molecular complexity index is 327. The molecular formula is C12H21N3O3. The van der Waals surface area contributed by atoms with Gasteiger partial charge >= 0.3 is 12.0 Å². The lowest BCUT2D eigenvalue weighted by Crippen LogP contribution is -2.51. The Kier molecular flexibility index (Phi) is 4.06. The maximum absolute atomic E-state index is 11.5. The molecule has 0 aromatic rings. The van der Waals surface area contributed by atoms with E-state index in [0.29, 0.717) is 19.1 Å². The smallest absolute Gasteiger partial charge is 0.320 e. The van der Waals surface area contributed by atoms with E-state index in [1.54, 1.807) is 11.9 Å². The minimum absolute atomic E-state index is 0.0374. The molecule has 2 heterocycles. The van der Waals surface area contributed by atoms with Gasteiger partial charge in [-0.3, -0.25) is 9.69 Å². The van der Waals surface area contributed by atoms with Gasteiger partial charge in [0.15, 0.2) is 0 Å². The molecule has 0 spiro atoms. The van der Waals surface area contributed by atoms with Crippen LogP contribution in [0.2, 0.25) is 0 Å². The summed E-state index contributed by atoms with van der Waals surface area (Å²) in [5.74, 6) is -0.707. The lowest BCUT2D eigenvalue weighted by molar-refractivity contribution is -0.143.